The van der Waals surface area contributed by atoms with Crippen molar-refractivity contribution < 1.29 is 27.5 Å². The van der Waals surface area contributed by atoms with Gasteiger partial charge in [0.05, 0.1) is 38.3 Å². The fourth-order valence-electron chi connectivity index (χ4n) is 1.20. The van der Waals surface area contributed by atoms with Crippen LogP contribution in [0.3, 0.4) is 0 Å². The van der Waals surface area contributed by atoms with E-state index in [0.29, 0.717) is 0 Å². The van der Waals surface area contributed by atoms with Crippen molar-refractivity contribution in [3.8, 4) is 0 Å². The number of rotatable bonds is 8. The third-order valence-corrected chi connectivity index (χ3v) is 4.76. The maximum atomic E-state index is 11.7. The largest absolute Gasteiger partial charge is 0.468 e. The van der Waals surface area contributed by atoms with Crippen LogP contribution in [0.5, 0.6) is 0 Å². The number of nitrogens with zero attached hydrogens (tertiary/aromatic N) is 1. The van der Waals surface area contributed by atoms with E-state index in [-0.39, 0.29) is 25.4 Å². The van der Waals surface area contributed by atoms with E-state index in [4.69, 9.17) is 0 Å². The monoisotopic (exact) mass is 295 g/mol. The number of esters is 2. The highest BCUT2D eigenvalue weighted by Gasteiger charge is 2.21. The number of sulfone groups is 1. The van der Waals surface area contributed by atoms with Gasteiger partial charge in [-0.15, -0.1) is 0 Å². The number of carbonyl (C=O) groups is 2. The Kier molecular flexibility index (Phi) is 7.62. The van der Waals surface area contributed by atoms with E-state index >= 15 is 0 Å². The second-order valence-electron chi connectivity index (χ2n) is 4.28. The van der Waals surface area contributed by atoms with E-state index in [1.54, 1.807) is 13.8 Å². The molecule has 0 aliphatic carbocycles. The zero-order valence-electron chi connectivity index (χ0n) is 11.7. The molecule has 0 spiro atoms. The second kappa shape index (κ2) is 8.11. The van der Waals surface area contributed by atoms with Gasteiger partial charge < -0.3 is 9.47 Å². The first-order valence-corrected chi connectivity index (χ1v) is 7.52. The Hall–Kier alpha value is -1.15. The van der Waals surface area contributed by atoms with E-state index in [2.05, 4.69) is 9.47 Å². The maximum Gasteiger partial charge on any atom is 0.319 e. The normalized spacial score (nSPS) is 11.7. The SMILES string of the molecule is COC(=O)CN(CCS(=O)(=O)C(C)C)CC(=O)OC. The highest BCUT2D eigenvalue weighted by molar-refractivity contribution is 7.92. The van der Waals surface area contributed by atoms with Crippen LogP contribution in [-0.4, -0.2) is 70.1 Å². The molecule has 0 aromatic rings. The van der Waals surface area contributed by atoms with Crippen LogP contribution in [0.4, 0.5) is 0 Å². The van der Waals surface area contributed by atoms with Crippen molar-refractivity contribution in [3.63, 3.8) is 0 Å². The third kappa shape index (κ3) is 7.12. The lowest BCUT2D eigenvalue weighted by molar-refractivity contribution is -0.145. The van der Waals surface area contributed by atoms with Gasteiger partial charge in [-0.1, -0.05) is 0 Å². The smallest absolute Gasteiger partial charge is 0.319 e. The second-order valence-corrected chi connectivity index (χ2v) is 6.96. The summed E-state index contributed by atoms with van der Waals surface area (Å²) in [7, 11) is -0.773. The van der Waals surface area contributed by atoms with Gasteiger partial charge in [-0.3, -0.25) is 14.5 Å². The molecule has 0 unspecified atom stereocenters. The molecule has 0 saturated carbocycles. The summed E-state index contributed by atoms with van der Waals surface area (Å²) in [4.78, 5) is 23.8. The third-order valence-electron chi connectivity index (χ3n) is 2.57. The summed E-state index contributed by atoms with van der Waals surface area (Å²) >= 11 is 0. The van der Waals surface area contributed by atoms with Crippen molar-refractivity contribution in [1.82, 2.24) is 4.90 Å². The molecular weight excluding hydrogens is 274 g/mol. The summed E-state index contributed by atoms with van der Waals surface area (Å²) in [5, 5.41) is -0.495. The maximum absolute atomic E-state index is 11.7. The zero-order valence-corrected chi connectivity index (χ0v) is 12.5. The number of methoxy groups -OCH3 is 2. The molecule has 0 aliphatic heterocycles. The van der Waals surface area contributed by atoms with Crippen LogP contribution < -0.4 is 0 Å². The molecule has 112 valence electrons. The molecule has 0 N–H and O–H groups in total. The first-order valence-electron chi connectivity index (χ1n) is 5.80. The summed E-state index contributed by atoms with van der Waals surface area (Å²) in [5.74, 6) is -1.20. The van der Waals surface area contributed by atoms with E-state index in [1.165, 1.54) is 19.1 Å². The first kappa shape index (κ1) is 17.8. The Morgan fingerprint density at radius 1 is 1.05 bits per heavy atom. The molecule has 0 fully saturated rings. The van der Waals surface area contributed by atoms with Crippen LogP contribution in [-0.2, 0) is 28.9 Å². The van der Waals surface area contributed by atoms with Crippen molar-refractivity contribution in [2.24, 2.45) is 0 Å². The zero-order chi connectivity index (χ0) is 15.1. The van der Waals surface area contributed by atoms with E-state index in [1.807, 2.05) is 0 Å². The highest BCUT2D eigenvalue weighted by atomic mass is 32.2. The van der Waals surface area contributed by atoms with Gasteiger partial charge in [0.1, 0.15) is 0 Å². The number of hydrogen-bond acceptors (Lipinski definition) is 7. The fraction of sp³-hybridized carbons (Fsp3) is 0.818. The van der Waals surface area contributed by atoms with Crippen LogP contribution in [0.2, 0.25) is 0 Å². The lowest BCUT2D eigenvalue weighted by atomic mass is 10.4. The van der Waals surface area contributed by atoms with Crippen molar-refractivity contribution >= 4 is 21.8 Å². The van der Waals surface area contributed by atoms with Crippen molar-refractivity contribution in [1.29, 1.82) is 0 Å². The van der Waals surface area contributed by atoms with E-state index in [9.17, 15) is 18.0 Å². The molecule has 0 aliphatic rings. The van der Waals surface area contributed by atoms with Crippen LogP contribution in [0.1, 0.15) is 13.8 Å². The Bertz CT molecular complexity index is 385. The Morgan fingerprint density at radius 2 is 1.47 bits per heavy atom. The van der Waals surface area contributed by atoms with Crippen LogP contribution in [0, 0.1) is 0 Å². The average molecular weight is 295 g/mol. The molecule has 0 saturated heterocycles. The van der Waals surface area contributed by atoms with Crippen molar-refractivity contribution in [2.45, 2.75) is 19.1 Å². The molecule has 0 heterocycles. The molecular formula is C11H21NO6S. The summed E-state index contributed by atoms with van der Waals surface area (Å²) in [6, 6.07) is 0. The molecule has 19 heavy (non-hydrogen) atoms. The van der Waals surface area contributed by atoms with Crippen LogP contribution in [0.15, 0.2) is 0 Å². The molecule has 0 atom stereocenters. The van der Waals surface area contributed by atoms with Gasteiger partial charge in [0, 0.05) is 6.54 Å². The predicted molar refractivity (Wildman–Crippen MR) is 69.4 cm³/mol. The summed E-state index contributed by atoms with van der Waals surface area (Å²) in [6.45, 7) is 2.93. The summed E-state index contributed by atoms with van der Waals surface area (Å²) in [5.41, 5.74) is 0. The van der Waals surface area contributed by atoms with Crippen molar-refractivity contribution in [2.75, 3.05) is 39.6 Å². The summed E-state index contributed by atoms with van der Waals surface area (Å²) in [6.07, 6.45) is 0. The highest BCUT2D eigenvalue weighted by Crippen LogP contribution is 2.02. The molecule has 0 aromatic carbocycles. The van der Waals surface area contributed by atoms with Crippen molar-refractivity contribution in [3.05, 3.63) is 0 Å². The molecule has 0 amide bonds. The standard InChI is InChI=1S/C11H21NO6S/c1-9(2)19(15,16)6-5-12(7-10(13)17-3)8-11(14)18-4/h9H,5-8H2,1-4H3. The van der Waals surface area contributed by atoms with Crippen LogP contribution in [0.25, 0.3) is 0 Å². The fourth-order valence-corrected chi connectivity index (χ4v) is 2.18. The average Bonchev–Trinajstić information content (AvgIpc) is 2.35. The predicted octanol–water partition coefficient (Wildman–Crippen LogP) is -0.542. The van der Waals surface area contributed by atoms with Gasteiger partial charge in [-0.2, -0.15) is 0 Å². The molecule has 8 heteroatoms. The quantitative estimate of drug-likeness (QED) is 0.555. The minimum atomic E-state index is -3.22. The Labute approximate surface area is 113 Å². The molecule has 7 nitrogen and oxygen atoms in total. The lowest BCUT2D eigenvalue weighted by Gasteiger charge is -2.20. The lowest BCUT2D eigenvalue weighted by Crippen LogP contribution is -2.39. The van der Waals surface area contributed by atoms with E-state index < -0.39 is 27.0 Å². The molecule has 0 bridgehead atoms. The van der Waals surface area contributed by atoms with Gasteiger partial charge in [-0.25, -0.2) is 8.42 Å². The Balaban J connectivity index is 4.58. The van der Waals surface area contributed by atoms with Gasteiger partial charge in [0.25, 0.3) is 0 Å². The van der Waals surface area contributed by atoms with Crippen LogP contribution >= 0.6 is 0 Å². The number of ether oxygens (including phenoxy) is 2. The summed E-state index contributed by atoms with van der Waals surface area (Å²) < 4.78 is 32.4. The minimum Gasteiger partial charge on any atom is -0.468 e. The van der Waals surface area contributed by atoms with Gasteiger partial charge >= 0.3 is 11.9 Å². The first-order chi connectivity index (χ1) is 8.72. The van der Waals surface area contributed by atoms with E-state index in [0.717, 1.165) is 0 Å². The molecule has 0 aromatic heterocycles. The molecule has 0 rings (SSSR count). The minimum absolute atomic E-state index is 0.0741. The topological polar surface area (TPSA) is 90.0 Å². The van der Waals surface area contributed by atoms with Gasteiger partial charge in [0.15, 0.2) is 9.84 Å². The number of carbonyl (C=O) groups excluding carboxylic acids is 2. The van der Waals surface area contributed by atoms with Gasteiger partial charge in [0.2, 0.25) is 0 Å². The molecule has 0 radical (unpaired) electrons. The number of hydrogen-bond donors (Lipinski definition) is 0. The Morgan fingerprint density at radius 3 is 1.79 bits per heavy atom. The van der Waals surface area contributed by atoms with Gasteiger partial charge in [-0.05, 0) is 13.8 Å².